The molecule has 0 amide bonds. The summed E-state index contributed by atoms with van der Waals surface area (Å²) in [4.78, 5) is 0. The van der Waals surface area contributed by atoms with Crippen LogP contribution in [-0.2, 0) is 13.1 Å². The van der Waals surface area contributed by atoms with Crippen LogP contribution in [0.25, 0.3) is 0 Å². The lowest BCUT2D eigenvalue weighted by molar-refractivity contribution is 0.461. The van der Waals surface area contributed by atoms with Crippen LogP contribution in [0.15, 0.2) is 45.7 Å². The van der Waals surface area contributed by atoms with Crippen LogP contribution in [0.2, 0.25) is 0 Å². The second kappa shape index (κ2) is 5.18. The smallest absolute Gasteiger partial charge is 0.134 e. The predicted octanol–water partition coefficient (Wildman–Crippen LogP) is 3.04. The first-order chi connectivity index (χ1) is 7.77. The second-order valence-electron chi connectivity index (χ2n) is 3.48. The van der Waals surface area contributed by atoms with Gasteiger partial charge in [0.05, 0.1) is 17.0 Å². The molecule has 0 atom stereocenters. The fourth-order valence-electron chi connectivity index (χ4n) is 1.44. The summed E-state index contributed by atoms with van der Waals surface area (Å²) in [5.74, 6) is 0.294. The number of phenolic OH excluding ortho intramolecular Hbond substituents is 1. The molecule has 0 saturated heterocycles. The minimum atomic E-state index is 0.294. The lowest BCUT2D eigenvalue weighted by Crippen LogP contribution is -2.12. The van der Waals surface area contributed by atoms with Crippen LogP contribution in [0.5, 0.6) is 5.75 Å². The average Bonchev–Trinajstić information content (AvgIpc) is 2.77. The maximum absolute atomic E-state index is 9.75. The van der Waals surface area contributed by atoms with Crippen molar-refractivity contribution in [2.45, 2.75) is 13.1 Å². The molecule has 0 bridgehead atoms. The van der Waals surface area contributed by atoms with Crippen molar-refractivity contribution in [3.05, 3.63) is 52.4 Å². The Morgan fingerprint density at radius 3 is 2.88 bits per heavy atom. The molecular formula is C12H12BrNO2. The Hall–Kier alpha value is -1.26. The quantitative estimate of drug-likeness (QED) is 0.906. The molecule has 84 valence electrons. The summed E-state index contributed by atoms with van der Waals surface area (Å²) in [5, 5.41) is 13.0. The zero-order chi connectivity index (χ0) is 11.4. The number of phenols is 1. The van der Waals surface area contributed by atoms with Crippen molar-refractivity contribution in [1.29, 1.82) is 0 Å². The molecule has 1 aromatic heterocycles. The van der Waals surface area contributed by atoms with Gasteiger partial charge in [0.15, 0.2) is 0 Å². The average molecular weight is 282 g/mol. The molecule has 0 saturated carbocycles. The van der Waals surface area contributed by atoms with E-state index in [0.29, 0.717) is 12.3 Å². The van der Waals surface area contributed by atoms with Gasteiger partial charge in [0, 0.05) is 24.2 Å². The molecule has 4 heteroatoms. The van der Waals surface area contributed by atoms with Gasteiger partial charge in [0.2, 0.25) is 0 Å². The van der Waals surface area contributed by atoms with Crippen molar-refractivity contribution in [3.8, 4) is 5.75 Å². The van der Waals surface area contributed by atoms with Crippen molar-refractivity contribution in [2.75, 3.05) is 0 Å². The van der Waals surface area contributed by atoms with Crippen molar-refractivity contribution < 1.29 is 9.52 Å². The van der Waals surface area contributed by atoms with Crippen LogP contribution in [0, 0.1) is 0 Å². The van der Waals surface area contributed by atoms with E-state index in [1.807, 2.05) is 24.3 Å². The number of hydrogen-bond acceptors (Lipinski definition) is 3. The van der Waals surface area contributed by atoms with Gasteiger partial charge in [-0.05, 0) is 28.1 Å². The Morgan fingerprint density at radius 2 is 2.12 bits per heavy atom. The van der Waals surface area contributed by atoms with Gasteiger partial charge in [0.1, 0.15) is 5.75 Å². The van der Waals surface area contributed by atoms with Gasteiger partial charge in [0.25, 0.3) is 0 Å². The summed E-state index contributed by atoms with van der Waals surface area (Å²) in [6.45, 7) is 1.35. The predicted molar refractivity (Wildman–Crippen MR) is 65.1 cm³/mol. The van der Waals surface area contributed by atoms with Gasteiger partial charge in [-0.25, -0.2) is 0 Å². The van der Waals surface area contributed by atoms with Gasteiger partial charge in [-0.15, -0.1) is 0 Å². The lowest BCUT2D eigenvalue weighted by atomic mass is 10.2. The molecule has 3 nitrogen and oxygen atoms in total. The van der Waals surface area contributed by atoms with E-state index in [-0.39, 0.29) is 0 Å². The van der Waals surface area contributed by atoms with Crippen LogP contribution in [0.3, 0.4) is 0 Å². The molecule has 0 aliphatic rings. The van der Waals surface area contributed by atoms with E-state index in [0.717, 1.165) is 22.1 Å². The summed E-state index contributed by atoms with van der Waals surface area (Å²) < 4.78 is 5.68. The molecular weight excluding hydrogens is 270 g/mol. The first-order valence-electron chi connectivity index (χ1n) is 4.95. The van der Waals surface area contributed by atoms with E-state index in [2.05, 4.69) is 21.2 Å². The number of hydrogen-bond donors (Lipinski definition) is 2. The number of rotatable bonds is 4. The number of furan rings is 1. The number of halogens is 1. The molecule has 0 spiro atoms. The molecule has 1 aromatic carbocycles. The molecule has 2 N–H and O–H groups in total. The molecule has 2 aromatic rings. The van der Waals surface area contributed by atoms with E-state index in [1.165, 1.54) is 0 Å². The number of benzene rings is 1. The van der Waals surface area contributed by atoms with E-state index in [9.17, 15) is 5.11 Å². The zero-order valence-electron chi connectivity index (χ0n) is 8.61. The normalized spacial score (nSPS) is 10.6. The zero-order valence-corrected chi connectivity index (χ0v) is 10.2. The fourth-order valence-corrected chi connectivity index (χ4v) is 1.84. The second-order valence-corrected chi connectivity index (χ2v) is 4.34. The van der Waals surface area contributed by atoms with E-state index in [4.69, 9.17) is 4.42 Å². The molecule has 0 unspecified atom stereocenters. The molecule has 16 heavy (non-hydrogen) atoms. The van der Waals surface area contributed by atoms with Crippen molar-refractivity contribution in [3.63, 3.8) is 0 Å². The summed E-state index contributed by atoms with van der Waals surface area (Å²) in [6.07, 6.45) is 3.35. The lowest BCUT2D eigenvalue weighted by Gasteiger charge is -2.06. The molecule has 1 heterocycles. The van der Waals surface area contributed by atoms with E-state index in [1.54, 1.807) is 12.5 Å². The summed E-state index contributed by atoms with van der Waals surface area (Å²) >= 11 is 3.28. The highest BCUT2D eigenvalue weighted by molar-refractivity contribution is 9.10. The topological polar surface area (TPSA) is 45.4 Å². The van der Waals surface area contributed by atoms with Crippen LogP contribution in [0.4, 0.5) is 0 Å². The Balaban J connectivity index is 1.92. The molecule has 0 aliphatic heterocycles. The third-order valence-electron chi connectivity index (χ3n) is 2.30. The van der Waals surface area contributed by atoms with Crippen molar-refractivity contribution >= 4 is 15.9 Å². The van der Waals surface area contributed by atoms with E-state index >= 15 is 0 Å². The molecule has 2 rings (SSSR count). The minimum absolute atomic E-state index is 0.294. The van der Waals surface area contributed by atoms with Gasteiger partial charge < -0.3 is 14.8 Å². The van der Waals surface area contributed by atoms with Gasteiger partial charge in [-0.1, -0.05) is 12.1 Å². The Kier molecular flexibility index (Phi) is 3.64. The summed E-state index contributed by atoms with van der Waals surface area (Å²) in [5.41, 5.74) is 1.97. The van der Waals surface area contributed by atoms with Crippen LogP contribution in [-0.4, -0.2) is 5.11 Å². The van der Waals surface area contributed by atoms with E-state index < -0.39 is 0 Å². The van der Waals surface area contributed by atoms with Gasteiger partial charge in [-0.2, -0.15) is 0 Å². The largest absolute Gasteiger partial charge is 0.506 e. The highest BCUT2D eigenvalue weighted by Crippen LogP contribution is 2.27. The standard InChI is InChI=1S/C12H12BrNO2/c13-11-3-1-2-10(12(11)15)7-14-6-9-4-5-16-8-9/h1-5,8,14-15H,6-7H2. The summed E-state index contributed by atoms with van der Waals surface area (Å²) in [7, 11) is 0. The number of para-hydroxylation sites is 1. The Labute approximate surface area is 102 Å². The first-order valence-corrected chi connectivity index (χ1v) is 5.75. The highest BCUT2D eigenvalue weighted by atomic mass is 79.9. The molecule has 0 fully saturated rings. The van der Waals surface area contributed by atoms with Crippen LogP contribution < -0.4 is 5.32 Å². The first kappa shape index (κ1) is 11.2. The number of nitrogens with one attached hydrogen (secondary N) is 1. The number of aromatic hydroxyl groups is 1. The Morgan fingerprint density at radius 1 is 1.25 bits per heavy atom. The fraction of sp³-hybridized carbons (Fsp3) is 0.167. The van der Waals surface area contributed by atoms with Gasteiger partial charge in [-0.3, -0.25) is 0 Å². The minimum Gasteiger partial charge on any atom is -0.506 e. The third kappa shape index (κ3) is 2.65. The summed E-state index contributed by atoms with van der Waals surface area (Å²) in [6, 6.07) is 7.52. The maximum atomic E-state index is 9.75. The maximum Gasteiger partial charge on any atom is 0.134 e. The van der Waals surface area contributed by atoms with Gasteiger partial charge >= 0.3 is 0 Å². The highest BCUT2D eigenvalue weighted by Gasteiger charge is 2.03. The molecule has 0 aliphatic carbocycles. The Bertz CT molecular complexity index is 454. The monoisotopic (exact) mass is 281 g/mol. The SMILES string of the molecule is Oc1c(Br)cccc1CNCc1ccoc1. The van der Waals surface area contributed by atoms with Crippen LogP contribution >= 0.6 is 15.9 Å². The van der Waals surface area contributed by atoms with Crippen molar-refractivity contribution in [1.82, 2.24) is 5.32 Å². The van der Waals surface area contributed by atoms with Crippen molar-refractivity contribution in [2.24, 2.45) is 0 Å². The third-order valence-corrected chi connectivity index (χ3v) is 2.93. The van der Waals surface area contributed by atoms with Crippen LogP contribution in [0.1, 0.15) is 11.1 Å². The molecule has 0 radical (unpaired) electrons.